The van der Waals surface area contributed by atoms with E-state index in [2.05, 4.69) is 5.32 Å². The summed E-state index contributed by atoms with van der Waals surface area (Å²) in [4.78, 5) is 23.4. The predicted molar refractivity (Wildman–Crippen MR) is 113 cm³/mol. The van der Waals surface area contributed by atoms with Gasteiger partial charge in [0.25, 0.3) is 11.6 Å². The summed E-state index contributed by atoms with van der Waals surface area (Å²) in [5, 5.41) is 14.5. The van der Waals surface area contributed by atoms with Crippen molar-refractivity contribution in [2.24, 2.45) is 0 Å². The van der Waals surface area contributed by atoms with E-state index in [4.69, 9.17) is 23.2 Å². The summed E-state index contributed by atoms with van der Waals surface area (Å²) in [6, 6.07) is 13.0. The van der Waals surface area contributed by atoms with Crippen LogP contribution in [0.5, 0.6) is 0 Å². The van der Waals surface area contributed by atoms with Gasteiger partial charge in [0.15, 0.2) is 0 Å². The standard InChI is InChI=1S/C20H11Cl2F3N2O3S/c21-12-6-7-13(14(22)10-12)19(28)26-15-3-1-2-4-17(15)31-18-8-5-11(20(23,24)25)9-16(18)27(29)30/h1-10H,(H,26,28). The Balaban J connectivity index is 1.92. The lowest BCUT2D eigenvalue weighted by molar-refractivity contribution is -0.388. The van der Waals surface area contributed by atoms with Crippen LogP contribution in [0.25, 0.3) is 0 Å². The molecule has 3 rings (SSSR count). The van der Waals surface area contributed by atoms with Crippen molar-refractivity contribution < 1.29 is 22.9 Å². The van der Waals surface area contributed by atoms with E-state index in [0.29, 0.717) is 21.7 Å². The molecule has 0 saturated heterocycles. The summed E-state index contributed by atoms with van der Waals surface area (Å²) in [6.45, 7) is 0. The maximum absolute atomic E-state index is 12.9. The lowest BCUT2D eigenvalue weighted by Gasteiger charge is -2.13. The van der Waals surface area contributed by atoms with E-state index in [-0.39, 0.29) is 15.5 Å². The number of anilines is 1. The van der Waals surface area contributed by atoms with Gasteiger partial charge >= 0.3 is 6.18 Å². The molecule has 3 aromatic rings. The highest BCUT2D eigenvalue weighted by molar-refractivity contribution is 7.99. The average Bonchev–Trinajstić information content (AvgIpc) is 2.68. The molecule has 0 radical (unpaired) electrons. The third-order valence-corrected chi connectivity index (χ3v) is 5.70. The minimum Gasteiger partial charge on any atom is -0.321 e. The molecule has 0 aliphatic heterocycles. The molecule has 0 aromatic heterocycles. The van der Waals surface area contributed by atoms with Crippen LogP contribution >= 0.6 is 35.0 Å². The average molecular weight is 487 g/mol. The van der Waals surface area contributed by atoms with Gasteiger partial charge < -0.3 is 5.32 Å². The molecule has 0 spiro atoms. The van der Waals surface area contributed by atoms with Crippen LogP contribution in [-0.2, 0) is 6.18 Å². The Hall–Kier alpha value is -2.75. The van der Waals surface area contributed by atoms with Crippen molar-refractivity contribution >= 4 is 52.2 Å². The van der Waals surface area contributed by atoms with Gasteiger partial charge in [0.1, 0.15) is 0 Å². The molecule has 31 heavy (non-hydrogen) atoms. The van der Waals surface area contributed by atoms with E-state index in [1.54, 1.807) is 24.3 Å². The molecule has 3 aromatic carbocycles. The Labute approximate surface area is 188 Å². The Morgan fingerprint density at radius 2 is 1.71 bits per heavy atom. The van der Waals surface area contributed by atoms with Gasteiger partial charge in [0, 0.05) is 16.0 Å². The van der Waals surface area contributed by atoms with Crippen LogP contribution in [-0.4, -0.2) is 10.8 Å². The number of amides is 1. The zero-order valence-corrected chi connectivity index (χ0v) is 17.6. The van der Waals surface area contributed by atoms with Crippen molar-refractivity contribution in [2.75, 3.05) is 5.32 Å². The fraction of sp³-hybridized carbons (Fsp3) is 0.0500. The molecular formula is C20H11Cl2F3N2O3S. The first-order chi connectivity index (χ1) is 14.6. The zero-order chi connectivity index (χ0) is 22.8. The van der Waals surface area contributed by atoms with Gasteiger partial charge in [-0.2, -0.15) is 13.2 Å². The lowest BCUT2D eigenvalue weighted by atomic mass is 10.2. The number of nitro benzene ring substituents is 1. The van der Waals surface area contributed by atoms with Crippen molar-refractivity contribution in [1.82, 2.24) is 0 Å². The number of nitro groups is 1. The highest BCUT2D eigenvalue weighted by Crippen LogP contribution is 2.41. The van der Waals surface area contributed by atoms with Crippen molar-refractivity contribution in [3.05, 3.63) is 92.0 Å². The van der Waals surface area contributed by atoms with Crippen molar-refractivity contribution in [3.8, 4) is 0 Å². The van der Waals surface area contributed by atoms with E-state index in [0.717, 1.165) is 23.9 Å². The van der Waals surface area contributed by atoms with Gasteiger partial charge in [0.2, 0.25) is 0 Å². The number of para-hydroxylation sites is 1. The third-order valence-electron chi connectivity index (χ3n) is 4.01. The molecule has 0 fully saturated rings. The molecule has 5 nitrogen and oxygen atoms in total. The summed E-state index contributed by atoms with van der Waals surface area (Å²) < 4.78 is 38.8. The SMILES string of the molecule is O=C(Nc1ccccc1Sc1ccc(C(F)(F)F)cc1[N+](=O)[O-])c1ccc(Cl)cc1Cl. The van der Waals surface area contributed by atoms with Crippen LogP contribution < -0.4 is 5.32 Å². The second-order valence-electron chi connectivity index (χ2n) is 6.11. The smallest absolute Gasteiger partial charge is 0.321 e. The molecule has 0 bridgehead atoms. The fourth-order valence-corrected chi connectivity index (χ4v) is 4.04. The molecule has 1 amide bonds. The summed E-state index contributed by atoms with van der Waals surface area (Å²) >= 11 is 12.7. The normalized spacial score (nSPS) is 11.3. The molecule has 0 saturated carbocycles. The second kappa shape index (κ2) is 9.17. The van der Waals surface area contributed by atoms with Crippen LogP contribution in [0.4, 0.5) is 24.5 Å². The summed E-state index contributed by atoms with van der Waals surface area (Å²) in [6.07, 6.45) is -4.71. The van der Waals surface area contributed by atoms with E-state index in [1.165, 1.54) is 18.2 Å². The van der Waals surface area contributed by atoms with Gasteiger partial charge in [-0.05, 0) is 42.5 Å². The van der Waals surface area contributed by atoms with Crippen LogP contribution in [0, 0.1) is 10.1 Å². The number of carbonyl (C=O) groups is 1. The van der Waals surface area contributed by atoms with E-state index in [1.807, 2.05) is 0 Å². The molecule has 160 valence electrons. The lowest BCUT2D eigenvalue weighted by Crippen LogP contribution is -2.13. The number of carbonyl (C=O) groups excluding carboxylic acids is 1. The Bertz CT molecular complexity index is 1170. The number of nitrogens with zero attached hydrogens (tertiary/aromatic N) is 1. The summed E-state index contributed by atoms with van der Waals surface area (Å²) in [5.74, 6) is -0.545. The maximum Gasteiger partial charge on any atom is 0.416 e. The van der Waals surface area contributed by atoms with Crippen molar-refractivity contribution in [3.63, 3.8) is 0 Å². The maximum atomic E-state index is 12.9. The number of benzene rings is 3. The van der Waals surface area contributed by atoms with Gasteiger partial charge in [-0.15, -0.1) is 0 Å². The molecule has 0 aliphatic rings. The summed E-state index contributed by atoms with van der Waals surface area (Å²) in [5.41, 5.74) is -1.35. The van der Waals surface area contributed by atoms with Crippen LogP contribution in [0.3, 0.4) is 0 Å². The third kappa shape index (κ3) is 5.49. The quantitative estimate of drug-likeness (QED) is 0.302. The van der Waals surface area contributed by atoms with Crippen molar-refractivity contribution in [1.29, 1.82) is 0 Å². The number of hydrogen-bond acceptors (Lipinski definition) is 4. The van der Waals surface area contributed by atoms with Gasteiger partial charge in [0.05, 0.1) is 31.7 Å². The number of halogens is 5. The van der Waals surface area contributed by atoms with Crippen molar-refractivity contribution in [2.45, 2.75) is 16.0 Å². The highest BCUT2D eigenvalue weighted by Gasteiger charge is 2.33. The first-order valence-electron chi connectivity index (χ1n) is 8.45. The topological polar surface area (TPSA) is 72.2 Å². The van der Waals surface area contributed by atoms with E-state index in [9.17, 15) is 28.1 Å². The predicted octanol–water partition coefficient (Wildman–Crippen LogP) is 7.32. The highest BCUT2D eigenvalue weighted by atomic mass is 35.5. The molecule has 0 aliphatic carbocycles. The van der Waals surface area contributed by atoms with Crippen LogP contribution in [0.1, 0.15) is 15.9 Å². The molecule has 1 N–H and O–H groups in total. The molecular weight excluding hydrogens is 476 g/mol. The van der Waals surface area contributed by atoms with Gasteiger partial charge in [-0.25, -0.2) is 0 Å². The molecule has 0 atom stereocenters. The number of alkyl halides is 3. The molecule has 0 heterocycles. The van der Waals surface area contributed by atoms with Crippen LogP contribution in [0.15, 0.2) is 70.5 Å². The number of hydrogen-bond donors (Lipinski definition) is 1. The van der Waals surface area contributed by atoms with Gasteiger partial charge in [-0.1, -0.05) is 47.1 Å². The first-order valence-corrected chi connectivity index (χ1v) is 10.0. The Kier molecular flexibility index (Phi) is 6.78. The molecule has 11 heteroatoms. The Morgan fingerprint density at radius 1 is 1.00 bits per heavy atom. The van der Waals surface area contributed by atoms with E-state index >= 15 is 0 Å². The Morgan fingerprint density at radius 3 is 2.35 bits per heavy atom. The number of nitrogens with one attached hydrogen (secondary N) is 1. The second-order valence-corrected chi connectivity index (χ2v) is 8.04. The fourth-order valence-electron chi connectivity index (χ4n) is 2.56. The van der Waals surface area contributed by atoms with Crippen LogP contribution in [0.2, 0.25) is 10.0 Å². The van der Waals surface area contributed by atoms with Gasteiger partial charge in [-0.3, -0.25) is 14.9 Å². The number of rotatable bonds is 5. The minimum atomic E-state index is -4.71. The minimum absolute atomic E-state index is 0.00998. The zero-order valence-electron chi connectivity index (χ0n) is 15.2. The monoisotopic (exact) mass is 486 g/mol. The largest absolute Gasteiger partial charge is 0.416 e. The first kappa shape index (κ1) is 22.9. The summed E-state index contributed by atoms with van der Waals surface area (Å²) in [7, 11) is 0. The molecule has 0 unspecified atom stereocenters. The van der Waals surface area contributed by atoms with E-state index < -0.39 is 28.3 Å².